The molecule has 4 rings (SSSR count). The minimum absolute atomic E-state index is 0.207. The SMILES string of the molecule is CC1=C2CCC[C@H](O)[C@@]2(C)C/C(=C\C2CCC(C3CCCCC3)CC2)C1=O. The van der Waals surface area contributed by atoms with Gasteiger partial charge in [-0.3, -0.25) is 4.79 Å². The monoisotopic (exact) mass is 370 g/mol. The molecule has 1 N–H and O–H groups in total. The molecule has 0 aromatic carbocycles. The van der Waals surface area contributed by atoms with Crippen molar-refractivity contribution in [3.8, 4) is 0 Å². The third kappa shape index (κ3) is 3.71. The number of fused-ring (bicyclic) bond motifs is 1. The summed E-state index contributed by atoms with van der Waals surface area (Å²) in [7, 11) is 0. The minimum atomic E-state index is -0.297. The number of aliphatic hydroxyl groups excluding tert-OH is 1. The van der Waals surface area contributed by atoms with Crippen molar-refractivity contribution in [3.05, 3.63) is 22.8 Å². The van der Waals surface area contributed by atoms with Crippen molar-refractivity contribution in [2.24, 2.45) is 23.2 Å². The lowest BCUT2D eigenvalue weighted by molar-refractivity contribution is -0.113. The third-order valence-corrected chi connectivity index (χ3v) is 8.54. The lowest BCUT2D eigenvalue weighted by atomic mass is 9.60. The van der Waals surface area contributed by atoms with Gasteiger partial charge in [0.2, 0.25) is 0 Å². The van der Waals surface area contributed by atoms with Crippen molar-refractivity contribution in [2.45, 2.75) is 103 Å². The number of rotatable bonds is 2. The van der Waals surface area contributed by atoms with Crippen LogP contribution < -0.4 is 0 Å². The largest absolute Gasteiger partial charge is 0.392 e. The van der Waals surface area contributed by atoms with E-state index in [1.807, 2.05) is 6.92 Å². The summed E-state index contributed by atoms with van der Waals surface area (Å²) in [6.07, 6.45) is 18.1. The summed E-state index contributed by atoms with van der Waals surface area (Å²) in [5.41, 5.74) is 2.97. The highest BCUT2D eigenvalue weighted by molar-refractivity contribution is 6.09. The van der Waals surface area contributed by atoms with Crippen LogP contribution in [0.3, 0.4) is 0 Å². The Hall–Kier alpha value is -0.890. The quantitative estimate of drug-likeness (QED) is 0.593. The molecule has 0 aromatic rings. The maximum absolute atomic E-state index is 13.0. The Morgan fingerprint density at radius 2 is 1.59 bits per heavy atom. The Kier molecular flexibility index (Phi) is 5.65. The van der Waals surface area contributed by atoms with Gasteiger partial charge in [0.15, 0.2) is 5.78 Å². The summed E-state index contributed by atoms with van der Waals surface area (Å²) < 4.78 is 0. The van der Waals surface area contributed by atoms with Crippen molar-refractivity contribution < 1.29 is 9.90 Å². The minimum Gasteiger partial charge on any atom is -0.392 e. The van der Waals surface area contributed by atoms with E-state index < -0.39 is 0 Å². The highest BCUT2D eigenvalue weighted by Gasteiger charge is 2.45. The van der Waals surface area contributed by atoms with Crippen LogP contribution in [0, 0.1) is 23.2 Å². The average molecular weight is 371 g/mol. The Labute approximate surface area is 165 Å². The van der Waals surface area contributed by atoms with Crippen molar-refractivity contribution in [2.75, 3.05) is 0 Å². The van der Waals surface area contributed by atoms with Gasteiger partial charge >= 0.3 is 0 Å². The van der Waals surface area contributed by atoms with Crippen molar-refractivity contribution in [3.63, 3.8) is 0 Å². The number of carbonyl (C=O) groups excluding carboxylic acids is 1. The molecule has 0 aliphatic heterocycles. The van der Waals surface area contributed by atoms with Gasteiger partial charge in [-0.1, -0.05) is 50.7 Å². The standard InChI is InChI=1S/C25H38O2/c1-17-22-9-6-10-23(26)25(22,2)16-21(24(17)27)15-18-11-13-20(14-12-18)19-7-4-3-5-8-19/h15,18-20,23,26H,3-14,16H2,1-2H3/b21-15+/t18?,20?,23-,25-/m0/s1. The molecule has 0 amide bonds. The molecule has 0 unspecified atom stereocenters. The van der Waals surface area contributed by atoms with Gasteiger partial charge in [0.05, 0.1) is 6.10 Å². The molecule has 3 saturated carbocycles. The molecule has 0 heterocycles. The predicted octanol–water partition coefficient (Wildman–Crippen LogP) is 6.14. The highest BCUT2D eigenvalue weighted by atomic mass is 16.3. The first-order valence-electron chi connectivity index (χ1n) is 11.6. The van der Waals surface area contributed by atoms with Crippen LogP contribution in [0.4, 0.5) is 0 Å². The summed E-state index contributed by atoms with van der Waals surface area (Å²) in [6, 6.07) is 0. The van der Waals surface area contributed by atoms with E-state index in [2.05, 4.69) is 13.0 Å². The highest BCUT2D eigenvalue weighted by Crippen LogP contribution is 2.50. The molecule has 2 atom stereocenters. The summed E-state index contributed by atoms with van der Waals surface area (Å²) in [4.78, 5) is 13.0. The van der Waals surface area contributed by atoms with Gasteiger partial charge in [-0.2, -0.15) is 0 Å². The molecule has 4 aliphatic carbocycles. The lowest BCUT2D eigenvalue weighted by Gasteiger charge is -2.45. The number of ketones is 1. The van der Waals surface area contributed by atoms with Gasteiger partial charge in [-0.05, 0) is 87.2 Å². The van der Waals surface area contributed by atoms with Gasteiger partial charge in [0.25, 0.3) is 0 Å². The van der Waals surface area contributed by atoms with Crippen LogP contribution in [0.5, 0.6) is 0 Å². The van der Waals surface area contributed by atoms with Crippen LogP contribution in [0.25, 0.3) is 0 Å². The van der Waals surface area contributed by atoms with Crippen LogP contribution >= 0.6 is 0 Å². The van der Waals surface area contributed by atoms with Crippen LogP contribution in [-0.2, 0) is 4.79 Å². The second-order valence-corrected chi connectivity index (χ2v) is 10.2. The zero-order valence-corrected chi connectivity index (χ0v) is 17.4. The summed E-state index contributed by atoms with van der Waals surface area (Å²) in [5, 5.41) is 10.7. The van der Waals surface area contributed by atoms with Gasteiger partial charge in [-0.15, -0.1) is 0 Å². The topological polar surface area (TPSA) is 37.3 Å². The van der Waals surface area contributed by atoms with Crippen molar-refractivity contribution >= 4 is 5.78 Å². The molecule has 0 saturated heterocycles. The maximum Gasteiger partial charge on any atom is 0.184 e. The molecule has 150 valence electrons. The molecule has 4 aliphatic rings. The predicted molar refractivity (Wildman–Crippen MR) is 110 cm³/mol. The first-order valence-corrected chi connectivity index (χ1v) is 11.6. The third-order valence-electron chi connectivity index (χ3n) is 8.54. The van der Waals surface area contributed by atoms with E-state index in [9.17, 15) is 9.90 Å². The smallest absolute Gasteiger partial charge is 0.184 e. The van der Waals surface area contributed by atoms with Gasteiger partial charge < -0.3 is 5.11 Å². The number of allylic oxidation sites excluding steroid dienone is 3. The van der Waals surface area contributed by atoms with Crippen LogP contribution in [0.1, 0.15) is 97.3 Å². The van der Waals surface area contributed by atoms with Gasteiger partial charge in [0, 0.05) is 5.41 Å². The zero-order valence-electron chi connectivity index (χ0n) is 17.4. The Morgan fingerprint density at radius 1 is 0.926 bits per heavy atom. The Bertz CT molecular complexity index is 629. The second kappa shape index (κ2) is 7.85. The molecule has 27 heavy (non-hydrogen) atoms. The summed E-state index contributed by atoms with van der Waals surface area (Å²) >= 11 is 0. The van der Waals surface area contributed by atoms with E-state index in [0.717, 1.165) is 48.7 Å². The average Bonchev–Trinajstić information content (AvgIpc) is 2.69. The zero-order chi connectivity index (χ0) is 19.0. The fraction of sp³-hybridized carbons (Fsp3) is 0.800. The number of Topliss-reactive ketones (excluding diaryl/α,β-unsaturated/α-hetero) is 1. The molecule has 3 fully saturated rings. The molecular formula is C25H38O2. The summed E-state index contributed by atoms with van der Waals surface area (Å²) in [6.45, 7) is 4.19. The summed E-state index contributed by atoms with van der Waals surface area (Å²) in [5.74, 6) is 2.76. The maximum atomic E-state index is 13.0. The number of carbonyl (C=O) groups is 1. The van der Waals surface area contributed by atoms with Crippen molar-refractivity contribution in [1.82, 2.24) is 0 Å². The number of hydrogen-bond donors (Lipinski definition) is 1. The van der Waals surface area contributed by atoms with Crippen LogP contribution in [0.2, 0.25) is 0 Å². The van der Waals surface area contributed by atoms with E-state index in [-0.39, 0.29) is 17.3 Å². The first-order chi connectivity index (χ1) is 13.0. The molecular weight excluding hydrogens is 332 g/mol. The fourth-order valence-corrected chi connectivity index (χ4v) is 6.78. The molecule has 0 bridgehead atoms. The van der Waals surface area contributed by atoms with E-state index in [0.29, 0.717) is 5.92 Å². The molecule has 0 spiro atoms. The first kappa shape index (κ1) is 19.4. The van der Waals surface area contributed by atoms with E-state index in [1.54, 1.807) is 0 Å². The molecule has 0 aromatic heterocycles. The van der Waals surface area contributed by atoms with Crippen LogP contribution in [0.15, 0.2) is 22.8 Å². The van der Waals surface area contributed by atoms with Gasteiger partial charge in [0.1, 0.15) is 0 Å². The number of hydrogen-bond acceptors (Lipinski definition) is 2. The van der Waals surface area contributed by atoms with E-state index in [4.69, 9.17) is 0 Å². The van der Waals surface area contributed by atoms with Gasteiger partial charge in [-0.25, -0.2) is 0 Å². The Balaban J connectivity index is 1.45. The normalized spacial score (nSPS) is 40.3. The second-order valence-electron chi connectivity index (χ2n) is 10.2. The molecule has 0 radical (unpaired) electrons. The van der Waals surface area contributed by atoms with Crippen LogP contribution in [-0.4, -0.2) is 17.0 Å². The molecule has 2 heteroatoms. The number of aliphatic hydroxyl groups is 1. The van der Waals surface area contributed by atoms with Crippen molar-refractivity contribution in [1.29, 1.82) is 0 Å². The lowest BCUT2D eigenvalue weighted by Crippen LogP contribution is -2.42. The Morgan fingerprint density at radius 3 is 2.30 bits per heavy atom. The van der Waals surface area contributed by atoms with E-state index in [1.165, 1.54) is 63.4 Å². The fourth-order valence-electron chi connectivity index (χ4n) is 6.78. The molecule has 2 nitrogen and oxygen atoms in total. The van der Waals surface area contributed by atoms with E-state index >= 15 is 0 Å².